The molecule has 6 heteroatoms. The van der Waals surface area contributed by atoms with Gasteiger partial charge in [-0.1, -0.05) is 12.1 Å². The maximum absolute atomic E-state index is 12.9. The summed E-state index contributed by atoms with van der Waals surface area (Å²) in [5, 5.41) is 8.89. The highest BCUT2D eigenvalue weighted by Crippen LogP contribution is 2.37. The van der Waals surface area contributed by atoms with Crippen LogP contribution < -0.4 is 9.64 Å². The van der Waals surface area contributed by atoms with Gasteiger partial charge in [0.05, 0.1) is 24.4 Å². The molecule has 3 aromatic rings. The molecule has 0 bridgehead atoms. The van der Waals surface area contributed by atoms with E-state index in [-0.39, 0.29) is 5.91 Å². The van der Waals surface area contributed by atoms with Gasteiger partial charge in [-0.3, -0.25) is 0 Å². The third kappa shape index (κ3) is 3.38. The first kappa shape index (κ1) is 17.2. The molecule has 0 fully saturated rings. The molecule has 1 N–H and O–H groups in total. The van der Waals surface area contributed by atoms with Gasteiger partial charge in [0.25, 0.3) is 0 Å². The highest BCUT2D eigenvalue weighted by molar-refractivity contribution is 7.18. The summed E-state index contributed by atoms with van der Waals surface area (Å²) in [6.07, 6.45) is 1.66. The zero-order valence-electron chi connectivity index (χ0n) is 14.6. The molecule has 1 amide bonds. The molecule has 1 aromatic heterocycles. The van der Waals surface area contributed by atoms with Gasteiger partial charge in [-0.05, 0) is 48.0 Å². The van der Waals surface area contributed by atoms with E-state index in [1.54, 1.807) is 25.6 Å². The molecule has 1 aliphatic heterocycles. The van der Waals surface area contributed by atoms with Gasteiger partial charge in [0.2, 0.25) is 0 Å². The van der Waals surface area contributed by atoms with Crippen molar-refractivity contribution in [2.24, 2.45) is 4.99 Å². The number of carbonyl (C=O) groups excluding carboxylic acids is 1. The largest absolute Gasteiger partial charge is 0.497 e. The first-order valence-electron chi connectivity index (χ1n) is 8.40. The summed E-state index contributed by atoms with van der Waals surface area (Å²) in [5.41, 5.74) is 3.35. The second kappa shape index (κ2) is 7.16. The second-order valence-electron chi connectivity index (χ2n) is 6.15. The lowest BCUT2D eigenvalue weighted by Crippen LogP contribution is -3.12. The minimum Gasteiger partial charge on any atom is -0.497 e. The number of thiophene rings is 1. The van der Waals surface area contributed by atoms with Crippen molar-refractivity contribution >= 4 is 29.3 Å². The van der Waals surface area contributed by atoms with Crippen molar-refractivity contribution in [2.75, 3.05) is 7.11 Å². The minimum atomic E-state index is 0.0223. The molecule has 2 heterocycles. The lowest BCUT2D eigenvalue weighted by atomic mass is 10.1. The van der Waals surface area contributed by atoms with E-state index >= 15 is 0 Å². The molecule has 0 spiro atoms. The van der Waals surface area contributed by atoms with Gasteiger partial charge in [-0.2, -0.15) is 5.26 Å². The smallest absolute Gasteiger partial charge is 0.362 e. The van der Waals surface area contributed by atoms with Crippen molar-refractivity contribution in [3.8, 4) is 22.3 Å². The number of fused-ring (bicyclic) bond motifs is 1. The quantitative estimate of drug-likeness (QED) is 0.763. The molecule has 1 aliphatic rings. The minimum absolute atomic E-state index is 0.0223. The van der Waals surface area contributed by atoms with Crippen LogP contribution in [0.1, 0.15) is 20.8 Å². The van der Waals surface area contributed by atoms with Gasteiger partial charge in [-0.25, -0.2) is 14.7 Å². The molecule has 0 radical (unpaired) electrons. The van der Waals surface area contributed by atoms with Crippen LogP contribution in [0.25, 0.3) is 10.4 Å². The van der Waals surface area contributed by atoms with Crippen LogP contribution in [0.15, 0.2) is 59.6 Å². The number of nitrogens with one attached hydrogen (secondary N) is 1. The summed E-state index contributed by atoms with van der Waals surface area (Å²) in [7, 11) is 1.64. The molecule has 4 rings (SSSR count). The molecule has 5 nitrogen and oxygen atoms in total. The lowest BCUT2D eigenvalue weighted by molar-refractivity contribution is -0.721. The molecule has 2 aromatic carbocycles. The van der Waals surface area contributed by atoms with Gasteiger partial charge < -0.3 is 4.74 Å². The van der Waals surface area contributed by atoms with Crippen molar-refractivity contribution in [1.29, 1.82) is 5.26 Å². The van der Waals surface area contributed by atoms with Crippen LogP contribution in [0.4, 0.5) is 5.69 Å². The number of hydrogen-bond donors (Lipinski definition) is 1. The van der Waals surface area contributed by atoms with Crippen LogP contribution in [-0.4, -0.2) is 19.4 Å². The number of quaternary nitrogens is 1. The van der Waals surface area contributed by atoms with E-state index < -0.39 is 0 Å². The van der Waals surface area contributed by atoms with Crippen LogP contribution in [0.5, 0.6) is 5.75 Å². The maximum atomic E-state index is 12.9. The zero-order chi connectivity index (χ0) is 18.8. The van der Waals surface area contributed by atoms with Gasteiger partial charge in [-0.15, -0.1) is 11.3 Å². The first-order valence-corrected chi connectivity index (χ1v) is 9.21. The SMILES string of the molecule is COc1ccc(-c2cc3c(s2)C(=O)[NH+](Cc2ccc(C#N)cc2)C=N3)cc1. The van der Waals surface area contributed by atoms with Crippen LogP contribution in [0, 0.1) is 11.3 Å². The van der Waals surface area contributed by atoms with Crippen molar-refractivity contribution < 1.29 is 14.4 Å². The normalized spacial score (nSPS) is 15.3. The van der Waals surface area contributed by atoms with E-state index in [4.69, 9.17) is 10.00 Å². The molecule has 1 atom stereocenters. The third-order valence-electron chi connectivity index (χ3n) is 4.42. The topological polar surface area (TPSA) is 66.9 Å². The van der Waals surface area contributed by atoms with E-state index in [1.807, 2.05) is 42.5 Å². The molecular weight excluding hydrogens is 358 g/mol. The highest BCUT2D eigenvalue weighted by Gasteiger charge is 2.30. The van der Waals surface area contributed by atoms with Crippen LogP contribution in [0.3, 0.4) is 0 Å². The first-order chi connectivity index (χ1) is 13.2. The lowest BCUT2D eigenvalue weighted by Gasteiger charge is -2.14. The van der Waals surface area contributed by atoms with E-state index in [0.29, 0.717) is 21.9 Å². The fraction of sp³-hybridized carbons (Fsp3) is 0.0952. The summed E-state index contributed by atoms with van der Waals surface area (Å²) in [5.74, 6) is 0.821. The Bertz CT molecular complexity index is 1060. The van der Waals surface area contributed by atoms with E-state index in [9.17, 15) is 4.79 Å². The number of nitriles is 1. The number of ether oxygens (including phenoxy) is 1. The van der Waals surface area contributed by atoms with Crippen LogP contribution in [0.2, 0.25) is 0 Å². The van der Waals surface area contributed by atoms with Crippen molar-refractivity contribution in [3.63, 3.8) is 0 Å². The number of nitrogens with zero attached hydrogens (tertiary/aromatic N) is 2. The number of aliphatic imine (C=N–C) groups is 1. The number of benzene rings is 2. The third-order valence-corrected chi connectivity index (χ3v) is 5.59. The fourth-order valence-electron chi connectivity index (χ4n) is 2.93. The predicted molar refractivity (Wildman–Crippen MR) is 105 cm³/mol. The molecule has 1 unspecified atom stereocenters. The van der Waals surface area contributed by atoms with E-state index in [0.717, 1.165) is 27.4 Å². The fourth-order valence-corrected chi connectivity index (χ4v) is 4.02. The molecule has 0 saturated carbocycles. The zero-order valence-corrected chi connectivity index (χ0v) is 15.4. The van der Waals surface area contributed by atoms with Gasteiger partial charge in [0, 0.05) is 10.4 Å². The Morgan fingerprint density at radius 1 is 1.15 bits per heavy atom. The number of hydrogen-bond acceptors (Lipinski definition) is 5. The average Bonchev–Trinajstić information content (AvgIpc) is 3.16. The summed E-state index contributed by atoms with van der Waals surface area (Å²) in [6.45, 7) is 0.503. The van der Waals surface area contributed by atoms with Crippen LogP contribution in [-0.2, 0) is 6.54 Å². The second-order valence-corrected chi connectivity index (χ2v) is 7.20. The molecule has 27 heavy (non-hydrogen) atoms. The Morgan fingerprint density at radius 2 is 1.89 bits per heavy atom. The summed E-state index contributed by atoms with van der Waals surface area (Å²) in [6, 6.07) is 19.1. The monoisotopic (exact) mass is 374 g/mol. The summed E-state index contributed by atoms with van der Waals surface area (Å²) < 4.78 is 5.19. The van der Waals surface area contributed by atoms with Gasteiger partial charge in [0.1, 0.15) is 12.3 Å². The molecule has 132 valence electrons. The maximum Gasteiger partial charge on any atom is 0.362 e. The number of methoxy groups -OCH3 is 1. The Kier molecular flexibility index (Phi) is 4.55. The predicted octanol–water partition coefficient (Wildman–Crippen LogP) is 3.19. The van der Waals surface area contributed by atoms with Gasteiger partial charge >= 0.3 is 5.91 Å². The Hall–Kier alpha value is -3.27. The summed E-state index contributed by atoms with van der Waals surface area (Å²) >= 11 is 1.46. The molecule has 0 aliphatic carbocycles. The Balaban J connectivity index is 1.56. The number of amides is 1. The highest BCUT2D eigenvalue weighted by atomic mass is 32.1. The van der Waals surface area contributed by atoms with Crippen molar-refractivity contribution in [2.45, 2.75) is 6.54 Å². The van der Waals surface area contributed by atoms with Gasteiger partial charge in [0.15, 0.2) is 11.2 Å². The number of rotatable bonds is 4. The van der Waals surface area contributed by atoms with Crippen LogP contribution >= 0.6 is 11.3 Å². The van der Waals surface area contributed by atoms with E-state index in [1.165, 1.54) is 11.3 Å². The molecular formula is C21H16N3O2S+. The number of carbonyl (C=O) groups is 1. The molecule has 0 saturated heterocycles. The summed E-state index contributed by atoms with van der Waals surface area (Å²) in [4.78, 5) is 19.7. The average molecular weight is 374 g/mol. The van der Waals surface area contributed by atoms with E-state index in [2.05, 4.69) is 11.1 Å². The van der Waals surface area contributed by atoms with Crippen molar-refractivity contribution in [1.82, 2.24) is 0 Å². The van der Waals surface area contributed by atoms with Crippen molar-refractivity contribution in [3.05, 3.63) is 70.6 Å². The standard InChI is InChI=1S/C21H15N3O2S/c1-26-17-8-6-16(7-9-17)19-10-18-20(27-19)21(25)24(13-23-18)12-15-4-2-14(11-22)3-5-15/h2-10,13H,12H2,1H3/p+1. The Morgan fingerprint density at radius 3 is 2.56 bits per heavy atom. The Labute approximate surface area is 160 Å².